The van der Waals surface area contributed by atoms with Crippen LogP contribution in [0.1, 0.15) is 40.7 Å². The van der Waals surface area contributed by atoms with Crippen LogP contribution in [0, 0.1) is 0 Å². The molecule has 0 aliphatic carbocycles. The smallest absolute Gasteiger partial charge is 0.335 e. The third-order valence-corrected chi connectivity index (χ3v) is 3.73. The van der Waals surface area contributed by atoms with Gasteiger partial charge in [-0.05, 0) is 37.1 Å². The van der Waals surface area contributed by atoms with Crippen LogP contribution in [0.2, 0.25) is 0 Å². The van der Waals surface area contributed by atoms with Gasteiger partial charge in [-0.25, -0.2) is 4.79 Å². The van der Waals surface area contributed by atoms with Crippen LogP contribution < -0.4 is 4.74 Å². The van der Waals surface area contributed by atoms with E-state index < -0.39 is 5.97 Å². The van der Waals surface area contributed by atoms with E-state index in [4.69, 9.17) is 9.84 Å². The molecule has 3 rings (SSSR count). The van der Waals surface area contributed by atoms with Crippen LogP contribution in [-0.2, 0) is 0 Å². The highest BCUT2D eigenvalue weighted by atomic mass is 16.5. The molecule has 102 valence electrons. The van der Waals surface area contributed by atoms with Crippen molar-refractivity contribution in [3.05, 3.63) is 65.2 Å². The molecule has 1 aliphatic rings. The number of hydrogen-bond acceptors (Lipinski definition) is 2. The zero-order chi connectivity index (χ0) is 14.1. The highest BCUT2D eigenvalue weighted by molar-refractivity contribution is 5.88. The zero-order valence-corrected chi connectivity index (χ0v) is 11.2. The van der Waals surface area contributed by atoms with Crippen molar-refractivity contribution in [3.63, 3.8) is 0 Å². The van der Waals surface area contributed by atoms with Crippen LogP contribution in [-0.4, -0.2) is 17.2 Å². The highest BCUT2D eigenvalue weighted by Crippen LogP contribution is 2.40. The van der Waals surface area contributed by atoms with E-state index in [1.165, 1.54) is 5.56 Å². The van der Waals surface area contributed by atoms with E-state index >= 15 is 0 Å². The minimum Gasteiger partial charge on any atom is -0.490 e. The number of carboxylic acid groups (broad SMARTS) is 1. The molecule has 1 heterocycles. The number of rotatable bonds is 2. The summed E-state index contributed by atoms with van der Waals surface area (Å²) in [4.78, 5) is 11.2. The van der Waals surface area contributed by atoms with Gasteiger partial charge in [-0.15, -0.1) is 0 Å². The van der Waals surface area contributed by atoms with Crippen LogP contribution in [0.25, 0.3) is 0 Å². The van der Waals surface area contributed by atoms with Gasteiger partial charge in [0.25, 0.3) is 0 Å². The molecule has 0 aromatic heterocycles. The van der Waals surface area contributed by atoms with Gasteiger partial charge in [-0.2, -0.15) is 0 Å². The van der Waals surface area contributed by atoms with Gasteiger partial charge in [0, 0.05) is 11.5 Å². The van der Waals surface area contributed by atoms with Crippen molar-refractivity contribution in [2.75, 3.05) is 0 Å². The SMILES string of the molecule is CC1C[C@H](c2ccccc2)c2cc(C(=O)O)ccc2O1. The number of benzene rings is 2. The average molecular weight is 268 g/mol. The minimum absolute atomic E-state index is 0.128. The van der Waals surface area contributed by atoms with Crippen molar-refractivity contribution in [2.24, 2.45) is 0 Å². The number of carboxylic acids is 1. The molecule has 1 aliphatic heterocycles. The summed E-state index contributed by atoms with van der Waals surface area (Å²) in [5.41, 5.74) is 2.48. The molecule has 0 bridgehead atoms. The Kier molecular flexibility index (Phi) is 3.18. The molecule has 0 saturated heterocycles. The Morgan fingerprint density at radius 2 is 1.95 bits per heavy atom. The first-order chi connectivity index (χ1) is 9.65. The third kappa shape index (κ3) is 2.27. The zero-order valence-electron chi connectivity index (χ0n) is 11.2. The fourth-order valence-electron chi connectivity index (χ4n) is 2.79. The normalized spacial score (nSPS) is 20.9. The molecule has 0 amide bonds. The number of hydrogen-bond donors (Lipinski definition) is 1. The van der Waals surface area contributed by atoms with Crippen molar-refractivity contribution in [2.45, 2.75) is 25.4 Å². The summed E-state index contributed by atoms with van der Waals surface area (Å²) in [6.07, 6.45) is 0.989. The van der Waals surface area contributed by atoms with E-state index in [-0.39, 0.29) is 12.0 Å². The standard InChI is InChI=1S/C17H16O3/c1-11-9-14(12-5-3-2-4-6-12)15-10-13(17(18)19)7-8-16(15)20-11/h2-8,10-11,14H,9H2,1H3,(H,18,19)/t11?,14-/m1/s1. The van der Waals surface area contributed by atoms with Crippen molar-refractivity contribution in [3.8, 4) is 5.75 Å². The van der Waals surface area contributed by atoms with Gasteiger partial charge in [0.05, 0.1) is 11.7 Å². The highest BCUT2D eigenvalue weighted by Gasteiger charge is 2.27. The third-order valence-electron chi connectivity index (χ3n) is 3.73. The van der Waals surface area contributed by atoms with Crippen molar-refractivity contribution in [1.29, 1.82) is 0 Å². The molecule has 2 atom stereocenters. The summed E-state index contributed by atoms with van der Waals surface area (Å²) in [5.74, 6) is 0.0788. The second-order valence-corrected chi connectivity index (χ2v) is 5.19. The molecule has 3 nitrogen and oxygen atoms in total. The van der Waals surface area contributed by atoms with Gasteiger partial charge in [0.2, 0.25) is 0 Å². The lowest BCUT2D eigenvalue weighted by atomic mass is 9.84. The molecule has 0 fully saturated rings. The monoisotopic (exact) mass is 268 g/mol. The van der Waals surface area contributed by atoms with Gasteiger partial charge in [0.1, 0.15) is 5.75 Å². The maximum absolute atomic E-state index is 11.2. The fourth-order valence-corrected chi connectivity index (χ4v) is 2.79. The molecule has 2 aromatic rings. The molecule has 0 spiro atoms. The van der Waals surface area contributed by atoms with Crippen LogP contribution in [0.5, 0.6) is 5.75 Å². The Bertz CT molecular complexity index is 634. The Hall–Kier alpha value is -2.29. The second-order valence-electron chi connectivity index (χ2n) is 5.19. The number of aromatic carboxylic acids is 1. The van der Waals surface area contributed by atoms with E-state index in [0.29, 0.717) is 5.56 Å². The van der Waals surface area contributed by atoms with Crippen LogP contribution in [0.15, 0.2) is 48.5 Å². The molecule has 2 aromatic carbocycles. The topological polar surface area (TPSA) is 46.5 Å². The Morgan fingerprint density at radius 1 is 1.20 bits per heavy atom. The molecule has 0 saturated carbocycles. The van der Waals surface area contributed by atoms with Gasteiger partial charge >= 0.3 is 5.97 Å². The first kappa shape index (κ1) is 12.7. The maximum Gasteiger partial charge on any atom is 0.335 e. The quantitative estimate of drug-likeness (QED) is 0.903. The Morgan fingerprint density at radius 3 is 2.65 bits per heavy atom. The lowest BCUT2D eigenvalue weighted by Gasteiger charge is -2.31. The van der Waals surface area contributed by atoms with E-state index in [9.17, 15) is 4.79 Å². The number of ether oxygens (including phenoxy) is 1. The summed E-state index contributed by atoms with van der Waals surface area (Å²) in [7, 11) is 0. The lowest BCUT2D eigenvalue weighted by Crippen LogP contribution is -2.23. The van der Waals surface area contributed by atoms with Crippen molar-refractivity contribution >= 4 is 5.97 Å². The molecule has 3 heteroatoms. The summed E-state index contributed by atoms with van der Waals surface area (Å²) in [5, 5.41) is 9.15. The summed E-state index contributed by atoms with van der Waals surface area (Å²) in [6.45, 7) is 2.05. The van der Waals surface area contributed by atoms with E-state index in [1.807, 2.05) is 25.1 Å². The van der Waals surface area contributed by atoms with E-state index in [2.05, 4.69) is 12.1 Å². The Labute approximate surface area is 117 Å². The Balaban J connectivity index is 2.10. The van der Waals surface area contributed by atoms with Crippen LogP contribution in [0.4, 0.5) is 0 Å². The minimum atomic E-state index is -0.904. The summed E-state index contributed by atoms with van der Waals surface area (Å²) in [6, 6.07) is 15.3. The number of fused-ring (bicyclic) bond motifs is 1. The van der Waals surface area contributed by atoms with Gasteiger partial charge in [-0.1, -0.05) is 30.3 Å². The first-order valence-corrected chi connectivity index (χ1v) is 6.74. The van der Waals surface area contributed by atoms with Crippen molar-refractivity contribution < 1.29 is 14.6 Å². The van der Waals surface area contributed by atoms with Crippen LogP contribution in [0.3, 0.4) is 0 Å². The maximum atomic E-state index is 11.2. The van der Waals surface area contributed by atoms with E-state index in [1.54, 1.807) is 18.2 Å². The predicted molar refractivity (Wildman–Crippen MR) is 76.4 cm³/mol. The van der Waals surface area contributed by atoms with Gasteiger partial charge < -0.3 is 9.84 Å². The van der Waals surface area contributed by atoms with Crippen LogP contribution >= 0.6 is 0 Å². The van der Waals surface area contributed by atoms with Gasteiger partial charge in [0.15, 0.2) is 0 Å². The molecule has 1 unspecified atom stereocenters. The summed E-state index contributed by atoms with van der Waals surface area (Å²) < 4.78 is 5.83. The van der Waals surface area contributed by atoms with Gasteiger partial charge in [-0.3, -0.25) is 0 Å². The first-order valence-electron chi connectivity index (χ1n) is 6.74. The second kappa shape index (κ2) is 5.00. The fraction of sp³-hybridized carbons (Fsp3) is 0.235. The lowest BCUT2D eigenvalue weighted by molar-refractivity contribution is 0.0696. The number of carbonyl (C=O) groups is 1. The summed E-state index contributed by atoms with van der Waals surface area (Å²) >= 11 is 0. The van der Waals surface area contributed by atoms with Crippen molar-refractivity contribution in [1.82, 2.24) is 0 Å². The molecule has 20 heavy (non-hydrogen) atoms. The molecule has 1 N–H and O–H groups in total. The molecular weight excluding hydrogens is 252 g/mol. The van der Waals surface area contributed by atoms with E-state index in [0.717, 1.165) is 17.7 Å². The largest absolute Gasteiger partial charge is 0.490 e. The predicted octanol–water partition coefficient (Wildman–Crippen LogP) is 3.69. The molecule has 0 radical (unpaired) electrons. The average Bonchev–Trinajstić information content (AvgIpc) is 2.46. The molecular formula is C17H16O3.